The fourth-order valence-electron chi connectivity index (χ4n) is 1.72. The fraction of sp³-hybridized carbons (Fsp3) is 0.545. The molecule has 0 aromatic carbocycles. The third-order valence-corrected chi connectivity index (χ3v) is 3.23. The molecule has 17 heavy (non-hydrogen) atoms. The number of rotatable bonds is 3. The molecule has 0 spiro atoms. The smallest absolute Gasteiger partial charge is 0.295 e. The Morgan fingerprint density at radius 1 is 1.41 bits per heavy atom. The Bertz CT molecular complexity index is 585. The van der Waals surface area contributed by atoms with Crippen molar-refractivity contribution in [1.82, 2.24) is 19.2 Å². The molecule has 6 heteroatoms. The van der Waals surface area contributed by atoms with Gasteiger partial charge in [-0.1, -0.05) is 20.3 Å². The van der Waals surface area contributed by atoms with Crippen LogP contribution < -0.4 is 11.3 Å². The number of nitrogens with two attached hydrogens (primary N) is 1. The molecule has 0 unspecified atom stereocenters. The number of fused-ring (bicyclic) bond motifs is 1. The second-order valence-electron chi connectivity index (χ2n) is 4.38. The number of aryl methyl sites for hydroxylation is 1. The van der Waals surface area contributed by atoms with Gasteiger partial charge in [-0.25, -0.2) is 0 Å². The van der Waals surface area contributed by atoms with Gasteiger partial charge in [0.25, 0.3) is 5.56 Å². The molecule has 0 aliphatic carbocycles. The second-order valence-corrected chi connectivity index (χ2v) is 4.38. The van der Waals surface area contributed by atoms with Crippen LogP contribution in [0.15, 0.2) is 17.2 Å². The maximum atomic E-state index is 11.8. The first-order valence-electron chi connectivity index (χ1n) is 5.72. The summed E-state index contributed by atoms with van der Waals surface area (Å²) >= 11 is 0. The Morgan fingerprint density at radius 2 is 2.12 bits per heavy atom. The van der Waals surface area contributed by atoms with Gasteiger partial charge in [0.05, 0.1) is 6.04 Å². The molecule has 92 valence electrons. The van der Waals surface area contributed by atoms with Crippen molar-refractivity contribution in [3.8, 4) is 0 Å². The van der Waals surface area contributed by atoms with Crippen LogP contribution in [-0.4, -0.2) is 19.2 Å². The standard InChI is InChI=1S/C11H17N5O/c1-4-7(2)8(12)9-13-14-10-11(17)15(3)5-6-16(9)10/h5-8H,4,12H2,1-3H3/t7-,8-/m0/s1. The maximum absolute atomic E-state index is 11.8. The van der Waals surface area contributed by atoms with Crippen molar-refractivity contribution in [1.29, 1.82) is 0 Å². The minimum absolute atomic E-state index is 0.164. The highest BCUT2D eigenvalue weighted by atomic mass is 16.1. The average molecular weight is 235 g/mol. The van der Waals surface area contributed by atoms with E-state index in [0.717, 1.165) is 6.42 Å². The van der Waals surface area contributed by atoms with Crippen LogP contribution in [0.5, 0.6) is 0 Å². The molecule has 0 fully saturated rings. The molecule has 2 rings (SSSR count). The summed E-state index contributed by atoms with van der Waals surface area (Å²) in [6.07, 6.45) is 4.42. The van der Waals surface area contributed by atoms with Gasteiger partial charge in [0.1, 0.15) is 0 Å². The van der Waals surface area contributed by atoms with E-state index >= 15 is 0 Å². The lowest BCUT2D eigenvalue weighted by molar-refractivity contribution is 0.436. The van der Waals surface area contributed by atoms with E-state index in [-0.39, 0.29) is 11.6 Å². The second kappa shape index (κ2) is 4.29. The van der Waals surface area contributed by atoms with Crippen molar-refractivity contribution in [3.63, 3.8) is 0 Å². The SMILES string of the molecule is CC[C@H](C)[C@H](N)c1nnc2c(=O)n(C)ccn12. The third kappa shape index (κ3) is 1.84. The Kier molecular flexibility index (Phi) is 2.97. The van der Waals surface area contributed by atoms with Crippen LogP contribution in [0, 0.1) is 5.92 Å². The van der Waals surface area contributed by atoms with Gasteiger partial charge >= 0.3 is 0 Å². The molecule has 0 aliphatic rings. The highest BCUT2D eigenvalue weighted by Gasteiger charge is 2.20. The first kappa shape index (κ1) is 11.8. The minimum Gasteiger partial charge on any atom is -0.321 e. The molecule has 0 bridgehead atoms. The van der Waals surface area contributed by atoms with Crippen LogP contribution in [0.25, 0.3) is 5.65 Å². The number of hydrogen-bond acceptors (Lipinski definition) is 4. The molecule has 2 N–H and O–H groups in total. The van der Waals surface area contributed by atoms with Crippen molar-refractivity contribution in [2.24, 2.45) is 18.7 Å². The molecule has 0 saturated carbocycles. The van der Waals surface area contributed by atoms with Crippen molar-refractivity contribution in [2.75, 3.05) is 0 Å². The summed E-state index contributed by atoms with van der Waals surface area (Å²) in [5.74, 6) is 0.943. The molecule has 2 aromatic heterocycles. The van der Waals surface area contributed by atoms with Crippen LogP contribution in [0.2, 0.25) is 0 Å². The van der Waals surface area contributed by atoms with Gasteiger partial charge in [0.15, 0.2) is 5.82 Å². The zero-order chi connectivity index (χ0) is 12.6. The molecular weight excluding hydrogens is 218 g/mol. The van der Waals surface area contributed by atoms with Crippen LogP contribution in [0.1, 0.15) is 32.1 Å². The summed E-state index contributed by atoms with van der Waals surface area (Å²) < 4.78 is 3.15. The Hall–Kier alpha value is -1.69. The topological polar surface area (TPSA) is 78.2 Å². The van der Waals surface area contributed by atoms with Crippen molar-refractivity contribution < 1.29 is 0 Å². The lowest BCUT2D eigenvalue weighted by atomic mass is 10.00. The normalized spacial score (nSPS) is 15.1. The van der Waals surface area contributed by atoms with Crippen molar-refractivity contribution in [3.05, 3.63) is 28.6 Å². The number of nitrogens with zero attached hydrogens (tertiary/aromatic N) is 4. The molecule has 0 aliphatic heterocycles. The zero-order valence-electron chi connectivity index (χ0n) is 10.3. The Morgan fingerprint density at radius 3 is 2.76 bits per heavy atom. The molecule has 2 aromatic rings. The Labute approximate surface area is 99.1 Å². The van der Waals surface area contributed by atoms with E-state index in [0.29, 0.717) is 17.4 Å². The summed E-state index contributed by atoms with van der Waals surface area (Å²) in [5, 5.41) is 7.96. The van der Waals surface area contributed by atoms with E-state index in [9.17, 15) is 4.79 Å². The minimum atomic E-state index is -0.206. The maximum Gasteiger partial charge on any atom is 0.295 e. The summed E-state index contributed by atoms with van der Waals surface area (Å²) in [7, 11) is 1.69. The quantitative estimate of drug-likeness (QED) is 0.839. The van der Waals surface area contributed by atoms with Gasteiger partial charge < -0.3 is 10.3 Å². The van der Waals surface area contributed by atoms with Gasteiger partial charge in [0.2, 0.25) is 5.65 Å². The highest BCUT2D eigenvalue weighted by molar-refractivity contribution is 5.35. The average Bonchev–Trinajstić information content (AvgIpc) is 2.76. The van der Waals surface area contributed by atoms with E-state index in [1.807, 2.05) is 0 Å². The predicted octanol–water partition coefficient (Wildman–Crippen LogP) is 0.474. The first-order valence-corrected chi connectivity index (χ1v) is 5.72. The predicted molar refractivity (Wildman–Crippen MR) is 64.6 cm³/mol. The van der Waals surface area contributed by atoms with Crippen LogP contribution in [-0.2, 0) is 7.05 Å². The molecular formula is C11H17N5O. The van der Waals surface area contributed by atoms with Gasteiger partial charge in [0, 0.05) is 19.4 Å². The lowest BCUT2D eigenvalue weighted by Gasteiger charge is -2.16. The third-order valence-electron chi connectivity index (χ3n) is 3.23. The number of hydrogen-bond donors (Lipinski definition) is 1. The van der Waals surface area contributed by atoms with Gasteiger partial charge in [-0.05, 0) is 5.92 Å². The van der Waals surface area contributed by atoms with E-state index in [2.05, 4.69) is 24.0 Å². The zero-order valence-corrected chi connectivity index (χ0v) is 10.3. The van der Waals surface area contributed by atoms with E-state index in [1.165, 1.54) is 4.57 Å². The molecule has 2 atom stereocenters. The summed E-state index contributed by atoms with van der Waals surface area (Å²) in [5.41, 5.74) is 6.27. The van der Waals surface area contributed by atoms with E-state index in [1.54, 1.807) is 23.8 Å². The lowest BCUT2D eigenvalue weighted by Crippen LogP contribution is -2.23. The van der Waals surface area contributed by atoms with Crippen molar-refractivity contribution in [2.45, 2.75) is 26.3 Å². The largest absolute Gasteiger partial charge is 0.321 e. The van der Waals surface area contributed by atoms with Gasteiger partial charge in [-0.3, -0.25) is 9.20 Å². The molecule has 0 amide bonds. The van der Waals surface area contributed by atoms with Gasteiger partial charge in [-0.15, -0.1) is 10.2 Å². The van der Waals surface area contributed by atoms with Gasteiger partial charge in [-0.2, -0.15) is 0 Å². The first-order chi connectivity index (χ1) is 8.06. The molecule has 6 nitrogen and oxygen atoms in total. The van der Waals surface area contributed by atoms with Crippen molar-refractivity contribution >= 4 is 5.65 Å². The Balaban J connectivity index is 2.58. The highest BCUT2D eigenvalue weighted by Crippen LogP contribution is 2.19. The molecule has 0 radical (unpaired) electrons. The summed E-state index contributed by atoms with van der Waals surface area (Å²) in [6.45, 7) is 4.14. The van der Waals surface area contributed by atoms with E-state index < -0.39 is 0 Å². The molecule has 0 saturated heterocycles. The monoisotopic (exact) mass is 235 g/mol. The summed E-state index contributed by atoms with van der Waals surface area (Å²) in [4.78, 5) is 11.8. The molecule has 2 heterocycles. The van der Waals surface area contributed by atoms with Crippen LogP contribution >= 0.6 is 0 Å². The van der Waals surface area contributed by atoms with E-state index in [4.69, 9.17) is 5.73 Å². The summed E-state index contributed by atoms with van der Waals surface area (Å²) in [6, 6.07) is -0.206. The number of aromatic nitrogens is 4. The van der Waals surface area contributed by atoms with Crippen LogP contribution in [0.4, 0.5) is 0 Å². The fourth-order valence-corrected chi connectivity index (χ4v) is 1.72. The van der Waals surface area contributed by atoms with Crippen LogP contribution in [0.3, 0.4) is 0 Å².